The number of aromatic nitrogens is 1. The van der Waals surface area contributed by atoms with Gasteiger partial charge in [0.1, 0.15) is 6.04 Å². The fourth-order valence-electron chi connectivity index (χ4n) is 3.93. The van der Waals surface area contributed by atoms with Gasteiger partial charge >= 0.3 is 0 Å². The highest BCUT2D eigenvalue weighted by Crippen LogP contribution is 2.27. The molecule has 5 nitrogen and oxygen atoms in total. The first-order valence-electron chi connectivity index (χ1n) is 10.3. The third-order valence-corrected chi connectivity index (χ3v) is 7.15. The van der Waals surface area contributed by atoms with Gasteiger partial charge in [-0.15, -0.1) is 22.7 Å². The number of carbonyl (C=O) groups excluding carboxylic acids is 2. The van der Waals surface area contributed by atoms with Gasteiger partial charge in [-0.2, -0.15) is 0 Å². The van der Waals surface area contributed by atoms with Gasteiger partial charge in [0.2, 0.25) is 11.8 Å². The number of thiophene rings is 2. The number of nitrogens with zero attached hydrogens (tertiary/aromatic N) is 2. The minimum atomic E-state index is -0.678. The zero-order valence-corrected chi connectivity index (χ0v) is 18.3. The van der Waals surface area contributed by atoms with Gasteiger partial charge in [-0.25, -0.2) is 0 Å². The molecule has 1 fully saturated rings. The molecule has 1 aliphatic rings. The second kappa shape index (κ2) is 10.00. The summed E-state index contributed by atoms with van der Waals surface area (Å²) in [6.07, 6.45) is 7.94. The van der Waals surface area contributed by atoms with Gasteiger partial charge in [-0.1, -0.05) is 25.0 Å². The number of hydrogen-bond acceptors (Lipinski definition) is 5. The second-order valence-corrected chi connectivity index (χ2v) is 9.59. The van der Waals surface area contributed by atoms with Crippen LogP contribution in [0.25, 0.3) is 0 Å². The maximum absolute atomic E-state index is 13.5. The Hall–Kier alpha value is -2.51. The number of hydrogen-bond donors (Lipinski definition) is 1. The Morgan fingerprint density at radius 2 is 1.70 bits per heavy atom. The van der Waals surface area contributed by atoms with Crippen LogP contribution < -0.4 is 5.32 Å². The van der Waals surface area contributed by atoms with E-state index in [2.05, 4.69) is 10.3 Å². The molecule has 0 bridgehead atoms. The molecule has 0 radical (unpaired) electrons. The Morgan fingerprint density at radius 1 is 1.03 bits per heavy atom. The van der Waals surface area contributed by atoms with Gasteiger partial charge in [0.05, 0.1) is 13.0 Å². The number of amides is 2. The lowest BCUT2D eigenvalue weighted by Crippen LogP contribution is -2.46. The quantitative estimate of drug-likeness (QED) is 0.559. The molecular formula is C23H25N3O2S2. The van der Waals surface area contributed by atoms with Crippen molar-refractivity contribution in [3.63, 3.8) is 0 Å². The second-order valence-electron chi connectivity index (χ2n) is 7.53. The van der Waals surface area contributed by atoms with Crippen LogP contribution in [0.5, 0.6) is 0 Å². The summed E-state index contributed by atoms with van der Waals surface area (Å²) < 4.78 is 0. The molecule has 4 rings (SSSR count). The molecule has 1 atom stereocenters. The van der Waals surface area contributed by atoms with E-state index in [0.717, 1.165) is 41.0 Å². The number of carbonyl (C=O) groups is 2. The van der Waals surface area contributed by atoms with Gasteiger partial charge in [0.25, 0.3) is 0 Å². The Morgan fingerprint density at radius 3 is 2.33 bits per heavy atom. The Balaban J connectivity index is 1.65. The minimum absolute atomic E-state index is 0.0470. The fourth-order valence-corrected chi connectivity index (χ4v) is 5.33. The largest absolute Gasteiger partial charge is 0.351 e. The fraction of sp³-hybridized carbons (Fsp3) is 0.348. The molecule has 30 heavy (non-hydrogen) atoms. The molecule has 0 unspecified atom stereocenters. The lowest BCUT2D eigenvalue weighted by molar-refractivity contribution is -0.141. The summed E-state index contributed by atoms with van der Waals surface area (Å²) in [7, 11) is 0. The van der Waals surface area contributed by atoms with E-state index < -0.39 is 6.04 Å². The van der Waals surface area contributed by atoms with Crippen molar-refractivity contribution in [1.82, 2.24) is 15.2 Å². The highest BCUT2D eigenvalue weighted by atomic mass is 32.1. The normalized spacial score (nSPS) is 15.1. The van der Waals surface area contributed by atoms with Crippen molar-refractivity contribution in [2.24, 2.45) is 0 Å². The van der Waals surface area contributed by atoms with E-state index in [1.54, 1.807) is 40.0 Å². The lowest BCUT2D eigenvalue weighted by Gasteiger charge is -2.32. The SMILES string of the molecule is O=C(NC1CCCC1)[C@H](c1ccncc1)N(Cc1cccs1)C(=O)Cc1cccs1. The summed E-state index contributed by atoms with van der Waals surface area (Å²) in [5.74, 6) is -0.154. The molecule has 3 heterocycles. The molecular weight excluding hydrogens is 414 g/mol. The summed E-state index contributed by atoms with van der Waals surface area (Å²) in [6, 6.07) is 11.1. The van der Waals surface area contributed by atoms with Crippen LogP contribution in [0.1, 0.15) is 47.0 Å². The Kier molecular flexibility index (Phi) is 6.92. The Bertz CT molecular complexity index is 936. The van der Waals surface area contributed by atoms with Crippen molar-refractivity contribution in [3.05, 3.63) is 74.9 Å². The Labute approximate surface area is 184 Å². The van der Waals surface area contributed by atoms with Crippen molar-refractivity contribution in [2.45, 2.75) is 50.7 Å². The molecule has 0 aromatic carbocycles. The molecule has 3 aromatic heterocycles. The minimum Gasteiger partial charge on any atom is -0.351 e. The van der Waals surface area contributed by atoms with Crippen LogP contribution >= 0.6 is 22.7 Å². The average Bonchev–Trinajstić information content (AvgIpc) is 3.52. The molecule has 0 saturated heterocycles. The topological polar surface area (TPSA) is 62.3 Å². The predicted octanol–water partition coefficient (Wildman–Crippen LogP) is 4.58. The van der Waals surface area contributed by atoms with E-state index >= 15 is 0 Å². The first kappa shape index (κ1) is 20.8. The monoisotopic (exact) mass is 439 g/mol. The number of nitrogens with one attached hydrogen (secondary N) is 1. The van der Waals surface area contributed by atoms with Crippen molar-refractivity contribution in [2.75, 3.05) is 0 Å². The van der Waals surface area contributed by atoms with E-state index in [9.17, 15) is 9.59 Å². The molecule has 0 aliphatic heterocycles. The van der Waals surface area contributed by atoms with E-state index in [4.69, 9.17) is 0 Å². The van der Waals surface area contributed by atoms with Gasteiger partial charge < -0.3 is 10.2 Å². The summed E-state index contributed by atoms with van der Waals surface area (Å²) in [4.78, 5) is 34.8. The molecule has 156 valence electrons. The van der Waals surface area contributed by atoms with Crippen molar-refractivity contribution in [3.8, 4) is 0 Å². The first-order chi connectivity index (χ1) is 14.7. The van der Waals surface area contributed by atoms with Crippen molar-refractivity contribution in [1.29, 1.82) is 0 Å². The molecule has 3 aromatic rings. The maximum Gasteiger partial charge on any atom is 0.247 e. The van der Waals surface area contributed by atoms with Crippen LogP contribution in [-0.2, 0) is 22.6 Å². The molecule has 1 aliphatic carbocycles. The molecule has 7 heteroatoms. The summed E-state index contributed by atoms with van der Waals surface area (Å²) in [5, 5.41) is 7.17. The molecule has 2 amide bonds. The van der Waals surface area contributed by atoms with E-state index in [0.29, 0.717) is 13.0 Å². The van der Waals surface area contributed by atoms with E-state index in [1.807, 2.05) is 47.2 Å². The summed E-state index contributed by atoms with van der Waals surface area (Å²) in [6.45, 7) is 0.410. The average molecular weight is 440 g/mol. The van der Waals surface area contributed by atoms with Crippen LogP contribution in [-0.4, -0.2) is 27.7 Å². The van der Waals surface area contributed by atoms with E-state index in [1.165, 1.54) is 0 Å². The number of rotatable bonds is 8. The van der Waals surface area contributed by atoms with Gasteiger partial charge in [-0.3, -0.25) is 14.6 Å². The van der Waals surface area contributed by atoms with Gasteiger partial charge in [-0.05, 0) is 53.4 Å². The lowest BCUT2D eigenvalue weighted by atomic mass is 10.0. The number of pyridine rings is 1. The molecule has 0 spiro atoms. The smallest absolute Gasteiger partial charge is 0.247 e. The molecule has 1 saturated carbocycles. The van der Waals surface area contributed by atoms with Gasteiger partial charge in [0, 0.05) is 28.2 Å². The van der Waals surface area contributed by atoms with Crippen LogP contribution in [0.4, 0.5) is 0 Å². The van der Waals surface area contributed by atoms with Crippen LogP contribution in [0, 0.1) is 0 Å². The highest BCUT2D eigenvalue weighted by Gasteiger charge is 2.33. The predicted molar refractivity (Wildman–Crippen MR) is 120 cm³/mol. The highest BCUT2D eigenvalue weighted by molar-refractivity contribution is 7.10. The maximum atomic E-state index is 13.5. The van der Waals surface area contributed by atoms with Crippen molar-refractivity contribution < 1.29 is 9.59 Å². The third kappa shape index (κ3) is 5.15. The zero-order chi connectivity index (χ0) is 20.8. The van der Waals surface area contributed by atoms with Crippen LogP contribution in [0.3, 0.4) is 0 Å². The summed E-state index contributed by atoms with van der Waals surface area (Å²) in [5.41, 5.74) is 0.789. The summed E-state index contributed by atoms with van der Waals surface area (Å²) >= 11 is 3.16. The van der Waals surface area contributed by atoms with Crippen LogP contribution in [0.2, 0.25) is 0 Å². The van der Waals surface area contributed by atoms with E-state index in [-0.39, 0.29) is 17.9 Å². The zero-order valence-electron chi connectivity index (χ0n) is 16.7. The van der Waals surface area contributed by atoms with Crippen molar-refractivity contribution >= 4 is 34.5 Å². The third-order valence-electron chi connectivity index (χ3n) is 5.42. The van der Waals surface area contributed by atoms with Crippen LogP contribution in [0.15, 0.2) is 59.6 Å². The van der Waals surface area contributed by atoms with Gasteiger partial charge in [0.15, 0.2) is 0 Å². The first-order valence-corrected chi connectivity index (χ1v) is 12.0. The standard InChI is InChI=1S/C23H25N3O2S2/c27-21(15-19-7-3-13-29-19)26(16-20-8-4-14-30-20)22(17-9-11-24-12-10-17)23(28)25-18-5-1-2-6-18/h3-4,7-14,18,22H,1-2,5-6,15-16H2,(H,25,28)/t22-/m0/s1. The molecule has 1 N–H and O–H groups in total.